The van der Waals surface area contributed by atoms with Crippen LogP contribution in [0.5, 0.6) is 0 Å². The van der Waals surface area contributed by atoms with Gasteiger partial charge in [-0.15, -0.1) is 0 Å². The first kappa shape index (κ1) is 10.6. The predicted molar refractivity (Wildman–Crippen MR) is 61.7 cm³/mol. The lowest BCUT2D eigenvalue weighted by Gasteiger charge is -2.10. The summed E-state index contributed by atoms with van der Waals surface area (Å²) in [6.07, 6.45) is 0. The summed E-state index contributed by atoms with van der Waals surface area (Å²) in [6, 6.07) is 6.08. The van der Waals surface area contributed by atoms with Gasteiger partial charge in [0.05, 0.1) is 0 Å². The first-order valence-electron chi connectivity index (χ1n) is 4.78. The molecule has 1 aromatic rings. The molecule has 0 saturated heterocycles. The van der Waals surface area contributed by atoms with E-state index in [2.05, 4.69) is 30.2 Å². The first-order chi connectivity index (χ1) is 6.65. The summed E-state index contributed by atoms with van der Waals surface area (Å²) in [4.78, 5) is 4.07. The summed E-state index contributed by atoms with van der Waals surface area (Å²) in [6.45, 7) is 6.80. The summed E-state index contributed by atoms with van der Waals surface area (Å²) < 4.78 is 0. The Morgan fingerprint density at radius 1 is 1.43 bits per heavy atom. The summed E-state index contributed by atoms with van der Waals surface area (Å²) in [5, 5.41) is 3.08. The number of rotatable bonds is 2. The second-order valence-corrected chi connectivity index (χ2v) is 3.23. The molecule has 1 aromatic carbocycles. The topological polar surface area (TPSA) is 50.4 Å². The van der Waals surface area contributed by atoms with Gasteiger partial charge in [0, 0.05) is 12.2 Å². The molecule has 14 heavy (non-hydrogen) atoms. The molecule has 1 rings (SSSR count). The van der Waals surface area contributed by atoms with Crippen molar-refractivity contribution in [2.45, 2.75) is 20.8 Å². The Balaban J connectivity index is 2.87. The maximum atomic E-state index is 5.67. The highest BCUT2D eigenvalue weighted by molar-refractivity contribution is 5.93. The fraction of sp³-hybridized carbons (Fsp3) is 0.364. The number of anilines is 1. The Labute approximate surface area is 85.0 Å². The molecule has 0 aliphatic rings. The first-order valence-corrected chi connectivity index (χ1v) is 4.78. The van der Waals surface area contributed by atoms with Crippen LogP contribution in [0.25, 0.3) is 0 Å². The van der Waals surface area contributed by atoms with Crippen molar-refractivity contribution in [3.05, 3.63) is 29.3 Å². The zero-order valence-corrected chi connectivity index (χ0v) is 8.96. The number of nitrogens with two attached hydrogens (primary N) is 1. The Morgan fingerprint density at radius 2 is 2.14 bits per heavy atom. The smallest absolute Gasteiger partial charge is 0.193 e. The number of aliphatic imine (C=N–C) groups is 1. The van der Waals surface area contributed by atoms with E-state index in [0.29, 0.717) is 12.5 Å². The fourth-order valence-electron chi connectivity index (χ4n) is 1.23. The molecule has 76 valence electrons. The highest BCUT2D eigenvalue weighted by Crippen LogP contribution is 2.17. The Bertz CT molecular complexity index is 342. The molecule has 3 nitrogen and oxygen atoms in total. The number of guanidine groups is 1. The van der Waals surface area contributed by atoms with E-state index >= 15 is 0 Å². The second-order valence-electron chi connectivity index (χ2n) is 3.23. The van der Waals surface area contributed by atoms with Crippen molar-refractivity contribution in [1.82, 2.24) is 0 Å². The van der Waals surface area contributed by atoms with Crippen LogP contribution < -0.4 is 11.1 Å². The van der Waals surface area contributed by atoms with Gasteiger partial charge in [0.2, 0.25) is 0 Å². The number of aryl methyl sites for hydroxylation is 1. The van der Waals surface area contributed by atoms with Gasteiger partial charge in [-0.1, -0.05) is 12.1 Å². The van der Waals surface area contributed by atoms with Gasteiger partial charge in [0.25, 0.3) is 0 Å². The SMILES string of the molecule is CCN=C(N)Nc1cccc(C)c1C. The molecule has 0 spiro atoms. The Hall–Kier alpha value is -1.51. The molecule has 0 unspecified atom stereocenters. The molecule has 0 aliphatic carbocycles. The van der Waals surface area contributed by atoms with Crippen LogP contribution in [0.2, 0.25) is 0 Å². The number of hydrogen-bond acceptors (Lipinski definition) is 1. The molecule has 0 amide bonds. The van der Waals surface area contributed by atoms with Crippen LogP contribution in [-0.2, 0) is 0 Å². The molecule has 0 bridgehead atoms. The third-order valence-corrected chi connectivity index (χ3v) is 2.20. The van der Waals surface area contributed by atoms with Gasteiger partial charge in [-0.3, -0.25) is 4.99 Å². The van der Waals surface area contributed by atoms with E-state index in [1.807, 2.05) is 19.1 Å². The summed E-state index contributed by atoms with van der Waals surface area (Å²) in [5.74, 6) is 0.473. The van der Waals surface area contributed by atoms with Crippen LogP contribution >= 0.6 is 0 Å². The quantitative estimate of drug-likeness (QED) is 0.555. The molecule has 0 aliphatic heterocycles. The maximum absolute atomic E-state index is 5.67. The monoisotopic (exact) mass is 191 g/mol. The third-order valence-electron chi connectivity index (χ3n) is 2.20. The van der Waals surface area contributed by atoms with E-state index in [1.165, 1.54) is 11.1 Å². The van der Waals surface area contributed by atoms with Crippen LogP contribution in [0.1, 0.15) is 18.1 Å². The van der Waals surface area contributed by atoms with Crippen LogP contribution in [0.4, 0.5) is 5.69 Å². The van der Waals surface area contributed by atoms with Crippen molar-refractivity contribution in [2.24, 2.45) is 10.7 Å². The van der Waals surface area contributed by atoms with E-state index in [4.69, 9.17) is 5.73 Å². The summed E-state index contributed by atoms with van der Waals surface area (Å²) in [7, 11) is 0. The number of nitrogens with zero attached hydrogens (tertiary/aromatic N) is 1. The number of benzene rings is 1. The maximum Gasteiger partial charge on any atom is 0.193 e. The molecular weight excluding hydrogens is 174 g/mol. The van der Waals surface area contributed by atoms with Gasteiger partial charge in [-0.25, -0.2) is 0 Å². The van der Waals surface area contributed by atoms with Crippen molar-refractivity contribution >= 4 is 11.6 Å². The van der Waals surface area contributed by atoms with Gasteiger partial charge in [-0.05, 0) is 38.0 Å². The average Bonchev–Trinajstić information content (AvgIpc) is 2.13. The average molecular weight is 191 g/mol. The van der Waals surface area contributed by atoms with Crippen LogP contribution in [0, 0.1) is 13.8 Å². The van der Waals surface area contributed by atoms with Crippen LogP contribution in [0.3, 0.4) is 0 Å². The van der Waals surface area contributed by atoms with E-state index < -0.39 is 0 Å². The summed E-state index contributed by atoms with van der Waals surface area (Å²) in [5.41, 5.74) is 9.16. The van der Waals surface area contributed by atoms with Gasteiger partial charge >= 0.3 is 0 Å². The Kier molecular flexibility index (Phi) is 3.51. The van der Waals surface area contributed by atoms with Gasteiger partial charge in [0.15, 0.2) is 5.96 Å². The zero-order chi connectivity index (χ0) is 10.6. The van der Waals surface area contributed by atoms with E-state index in [9.17, 15) is 0 Å². The highest BCUT2D eigenvalue weighted by atomic mass is 15.1. The Morgan fingerprint density at radius 3 is 2.79 bits per heavy atom. The lowest BCUT2D eigenvalue weighted by Crippen LogP contribution is -2.23. The molecule has 0 radical (unpaired) electrons. The van der Waals surface area contributed by atoms with Gasteiger partial charge in [-0.2, -0.15) is 0 Å². The van der Waals surface area contributed by atoms with E-state index in [0.717, 1.165) is 5.69 Å². The highest BCUT2D eigenvalue weighted by Gasteiger charge is 2.00. The van der Waals surface area contributed by atoms with Crippen molar-refractivity contribution in [2.75, 3.05) is 11.9 Å². The van der Waals surface area contributed by atoms with Gasteiger partial charge in [0.1, 0.15) is 0 Å². The van der Waals surface area contributed by atoms with Crippen LogP contribution in [0.15, 0.2) is 23.2 Å². The third kappa shape index (κ3) is 2.49. The number of hydrogen-bond donors (Lipinski definition) is 2. The van der Waals surface area contributed by atoms with E-state index in [1.54, 1.807) is 0 Å². The van der Waals surface area contributed by atoms with Crippen molar-refractivity contribution in [3.63, 3.8) is 0 Å². The molecule has 0 heterocycles. The molecule has 3 N–H and O–H groups in total. The normalized spacial score (nSPS) is 11.5. The standard InChI is InChI=1S/C11H17N3/c1-4-13-11(12)14-10-7-5-6-8(2)9(10)3/h5-7H,4H2,1-3H3,(H3,12,13,14). The molecular formula is C11H17N3. The minimum Gasteiger partial charge on any atom is -0.370 e. The molecule has 0 saturated carbocycles. The van der Waals surface area contributed by atoms with Gasteiger partial charge < -0.3 is 11.1 Å². The largest absolute Gasteiger partial charge is 0.370 e. The van der Waals surface area contributed by atoms with Crippen LogP contribution in [-0.4, -0.2) is 12.5 Å². The van der Waals surface area contributed by atoms with Crippen molar-refractivity contribution in [1.29, 1.82) is 0 Å². The van der Waals surface area contributed by atoms with Crippen molar-refractivity contribution in [3.8, 4) is 0 Å². The second kappa shape index (κ2) is 4.65. The molecule has 3 heteroatoms. The molecule has 0 fully saturated rings. The lowest BCUT2D eigenvalue weighted by atomic mass is 10.1. The summed E-state index contributed by atoms with van der Waals surface area (Å²) >= 11 is 0. The van der Waals surface area contributed by atoms with Crippen molar-refractivity contribution < 1.29 is 0 Å². The fourth-order valence-corrected chi connectivity index (χ4v) is 1.23. The molecule has 0 aromatic heterocycles. The number of nitrogens with one attached hydrogen (secondary N) is 1. The predicted octanol–water partition coefficient (Wildman–Crippen LogP) is 2.05. The minimum atomic E-state index is 0.473. The molecule has 0 atom stereocenters. The minimum absolute atomic E-state index is 0.473. The lowest BCUT2D eigenvalue weighted by molar-refractivity contribution is 1.12. The zero-order valence-electron chi connectivity index (χ0n) is 8.96. The van der Waals surface area contributed by atoms with E-state index in [-0.39, 0.29) is 0 Å².